The molecule has 3 aromatic heterocycles. The van der Waals surface area contributed by atoms with E-state index in [1.54, 1.807) is 0 Å². The summed E-state index contributed by atoms with van der Waals surface area (Å²) in [6.07, 6.45) is 0.977. The SMILES string of the molecule is Cn1c(=O)c2c(nc(NN=Cc3c(O)n(Cc4ccc(F)cc4)c(=O)[nH]c3=O)n2C)n(C)c1=O. The summed E-state index contributed by atoms with van der Waals surface area (Å²) < 4.78 is 17.6. The van der Waals surface area contributed by atoms with E-state index in [2.05, 4.69) is 20.5 Å². The molecule has 176 valence electrons. The zero-order chi connectivity index (χ0) is 24.7. The first-order valence-electron chi connectivity index (χ1n) is 9.82. The third kappa shape index (κ3) is 3.70. The molecule has 13 nitrogen and oxygen atoms in total. The summed E-state index contributed by atoms with van der Waals surface area (Å²) in [6, 6.07) is 5.28. The number of hydrazone groups is 1. The number of hydrogen-bond acceptors (Lipinski definition) is 8. The zero-order valence-corrected chi connectivity index (χ0v) is 18.2. The molecule has 0 fully saturated rings. The van der Waals surface area contributed by atoms with Crippen LogP contribution in [-0.2, 0) is 27.7 Å². The second-order valence-electron chi connectivity index (χ2n) is 7.45. The van der Waals surface area contributed by atoms with E-state index < -0.39 is 34.2 Å². The lowest BCUT2D eigenvalue weighted by Crippen LogP contribution is -2.37. The first-order chi connectivity index (χ1) is 16.1. The van der Waals surface area contributed by atoms with Crippen molar-refractivity contribution < 1.29 is 9.50 Å². The number of H-pyrrole nitrogens is 1. The van der Waals surface area contributed by atoms with E-state index in [0.29, 0.717) is 5.56 Å². The van der Waals surface area contributed by atoms with Gasteiger partial charge in [-0.25, -0.2) is 19.4 Å². The van der Waals surface area contributed by atoms with Crippen LogP contribution in [0.2, 0.25) is 0 Å². The standard InChI is InChI=1S/C20H19FN8O5/c1-26-13-14(27(2)20(34)28(3)17(13)32)23-18(26)25-22-8-12-15(30)24-19(33)29(16(12)31)9-10-4-6-11(21)7-5-10/h4-8,31H,9H2,1-3H3,(H,23,25)(H,24,30,33). The normalized spacial score (nSPS) is 11.5. The van der Waals surface area contributed by atoms with E-state index >= 15 is 0 Å². The molecule has 1 aromatic carbocycles. The molecule has 0 atom stereocenters. The molecule has 0 saturated heterocycles. The van der Waals surface area contributed by atoms with Crippen molar-refractivity contribution in [3.8, 4) is 5.88 Å². The summed E-state index contributed by atoms with van der Waals surface area (Å²) in [4.78, 5) is 55.3. The average Bonchev–Trinajstić information content (AvgIpc) is 3.13. The third-order valence-corrected chi connectivity index (χ3v) is 5.29. The van der Waals surface area contributed by atoms with Crippen LogP contribution in [0.1, 0.15) is 11.1 Å². The van der Waals surface area contributed by atoms with E-state index in [1.165, 1.54) is 54.5 Å². The quantitative estimate of drug-likeness (QED) is 0.253. The van der Waals surface area contributed by atoms with E-state index in [-0.39, 0.29) is 29.2 Å². The molecule has 4 aromatic rings. The van der Waals surface area contributed by atoms with Gasteiger partial charge in [0.25, 0.3) is 11.1 Å². The molecule has 0 unspecified atom stereocenters. The molecule has 0 spiro atoms. The molecule has 0 aliphatic heterocycles. The van der Waals surface area contributed by atoms with Crippen molar-refractivity contribution in [2.45, 2.75) is 6.54 Å². The molecule has 0 saturated carbocycles. The summed E-state index contributed by atoms with van der Waals surface area (Å²) in [7, 11) is 4.34. The molecule has 4 rings (SSSR count). The van der Waals surface area contributed by atoms with E-state index in [9.17, 15) is 28.7 Å². The fraction of sp³-hybridized carbons (Fsp3) is 0.200. The molecular weight excluding hydrogens is 451 g/mol. The molecular formula is C20H19FN8O5. The summed E-state index contributed by atoms with van der Waals surface area (Å²) in [6.45, 7) is -0.127. The average molecular weight is 470 g/mol. The smallest absolute Gasteiger partial charge is 0.332 e. The van der Waals surface area contributed by atoms with Gasteiger partial charge in [-0.15, -0.1) is 0 Å². The van der Waals surface area contributed by atoms with E-state index in [0.717, 1.165) is 15.3 Å². The highest BCUT2D eigenvalue weighted by atomic mass is 19.1. The topological polar surface area (TPSA) is 161 Å². The number of rotatable bonds is 5. The maximum absolute atomic E-state index is 13.1. The number of aromatic hydroxyl groups is 1. The maximum atomic E-state index is 13.1. The van der Waals surface area contributed by atoms with Gasteiger partial charge >= 0.3 is 11.4 Å². The van der Waals surface area contributed by atoms with Crippen LogP contribution in [0.3, 0.4) is 0 Å². The minimum absolute atomic E-state index is 0.0834. The van der Waals surface area contributed by atoms with Gasteiger partial charge in [-0.1, -0.05) is 12.1 Å². The maximum Gasteiger partial charge on any atom is 0.332 e. The highest BCUT2D eigenvalue weighted by Gasteiger charge is 2.17. The Bertz CT molecular complexity index is 1690. The van der Waals surface area contributed by atoms with Gasteiger partial charge in [0.2, 0.25) is 11.8 Å². The first-order valence-corrected chi connectivity index (χ1v) is 9.82. The fourth-order valence-electron chi connectivity index (χ4n) is 3.38. The molecule has 0 aliphatic carbocycles. The van der Waals surface area contributed by atoms with Crippen molar-refractivity contribution in [1.29, 1.82) is 0 Å². The van der Waals surface area contributed by atoms with Crippen LogP contribution in [-0.4, -0.2) is 39.6 Å². The Morgan fingerprint density at radius 1 is 1.09 bits per heavy atom. The first kappa shape index (κ1) is 22.4. The second-order valence-corrected chi connectivity index (χ2v) is 7.45. The molecule has 0 bridgehead atoms. The minimum Gasteiger partial charge on any atom is -0.494 e. The number of fused-ring (bicyclic) bond motifs is 1. The number of imidazole rings is 1. The number of hydrogen-bond donors (Lipinski definition) is 3. The summed E-state index contributed by atoms with van der Waals surface area (Å²) >= 11 is 0. The number of benzene rings is 1. The largest absolute Gasteiger partial charge is 0.494 e. The lowest BCUT2D eigenvalue weighted by molar-refractivity contribution is 0.408. The fourth-order valence-corrected chi connectivity index (χ4v) is 3.38. The van der Waals surface area contributed by atoms with Gasteiger partial charge in [0.1, 0.15) is 11.4 Å². The van der Waals surface area contributed by atoms with Gasteiger partial charge in [0.15, 0.2) is 11.2 Å². The van der Waals surface area contributed by atoms with Gasteiger partial charge in [-0.05, 0) is 17.7 Å². The van der Waals surface area contributed by atoms with Crippen LogP contribution < -0.4 is 27.9 Å². The Morgan fingerprint density at radius 3 is 2.44 bits per heavy atom. The zero-order valence-electron chi connectivity index (χ0n) is 18.2. The molecule has 3 N–H and O–H groups in total. The van der Waals surface area contributed by atoms with Gasteiger partial charge in [-0.2, -0.15) is 10.1 Å². The van der Waals surface area contributed by atoms with Crippen LogP contribution in [0.15, 0.2) is 48.5 Å². The van der Waals surface area contributed by atoms with Crippen molar-refractivity contribution in [3.63, 3.8) is 0 Å². The lowest BCUT2D eigenvalue weighted by Gasteiger charge is -2.09. The molecule has 0 amide bonds. The van der Waals surface area contributed by atoms with E-state index in [4.69, 9.17) is 0 Å². The minimum atomic E-state index is -0.885. The van der Waals surface area contributed by atoms with Crippen LogP contribution in [0.5, 0.6) is 5.88 Å². The second kappa shape index (κ2) is 8.31. The van der Waals surface area contributed by atoms with E-state index in [1.807, 2.05) is 0 Å². The summed E-state index contributed by atoms with van der Waals surface area (Å²) in [5.74, 6) is -1.02. The number of aromatic amines is 1. The van der Waals surface area contributed by atoms with Crippen LogP contribution in [0.4, 0.5) is 10.3 Å². The number of anilines is 1. The molecule has 3 heterocycles. The monoisotopic (exact) mass is 470 g/mol. The Kier molecular flexibility index (Phi) is 5.48. The van der Waals surface area contributed by atoms with Gasteiger partial charge in [0, 0.05) is 21.1 Å². The molecule has 0 aliphatic rings. The highest BCUT2D eigenvalue weighted by molar-refractivity contribution is 5.82. The third-order valence-electron chi connectivity index (χ3n) is 5.29. The van der Waals surface area contributed by atoms with Crippen molar-refractivity contribution in [1.82, 2.24) is 28.2 Å². The van der Waals surface area contributed by atoms with Crippen molar-refractivity contribution in [3.05, 3.63) is 82.9 Å². The number of nitrogens with one attached hydrogen (secondary N) is 2. The Morgan fingerprint density at radius 2 is 1.76 bits per heavy atom. The van der Waals surface area contributed by atoms with Crippen LogP contribution in [0.25, 0.3) is 11.2 Å². The van der Waals surface area contributed by atoms with Gasteiger partial charge in [0.05, 0.1) is 12.8 Å². The molecule has 14 heteroatoms. The Labute approximate surface area is 188 Å². The van der Waals surface area contributed by atoms with Crippen molar-refractivity contribution in [2.24, 2.45) is 26.2 Å². The van der Waals surface area contributed by atoms with Crippen molar-refractivity contribution in [2.75, 3.05) is 5.43 Å². The number of aromatic nitrogens is 6. The number of halogens is 1. The van der Waals surface area contributed by atoms with Gasteiger partial charge in [-0.3, -0.25) is 28.3 Å². The van der Waals surface area contributed by atoms with Gasteiger partial charge < -0.3 is 9.67 Å². The van der Waals surface area contributed by atoms with Crippen molar-refractivity contribution >= 4 is 23.3 Å². The highest BCUT2D eigenvalue weighted by Crippen LogP contribution is 2.14. The van der Waals surface area contributed by atoms with Crippen LogP contribution >= 0.6 is 0 Å². The summed E-state index contributed by atoms with van der Waals surface area (Å²) in [5, 5.41) is 14.4. The predicted octanol–water partition coefficient (Wildman–Crippen LogP) is -0.840. The Balaban J connectivity index is 1.69. The number of aryl methyl sites for hydroxylation is 2. The Hall–Kier alpha value is -4.75. The molecule has 34 heavy (non-hydrogen) atoms. The number of nitrogens with zero attached hydrogens (tertiary/aromatic N) is 6. The lowest BCUT2D eigenvalue weighted by atomic mass is 10.2. The molecule has 0 radical (unpaired) electrons. The summed E-state index contributed by atoms with van der Waals surface area (Å²) in [5.41, 5.74) is 0.178. The van der Waals surface area contributed by atoms with Crippen LogP contribution in [0, 0.1) is 5.82 Å². The predicted molar refractivity (Wildman–Crippen MR) is 121 cm³/mol.